The molecule has 130 valence electrons. The van der Waals surface area contributed by atoms with Crippen molar-refractivity contribution in [1.82, 2.24) is 14.3 Å². The van der Waals surface area contributed by atoms with Gasteiger partial charge >= 0.3 is 6.18 Å². The third-order valence-electron chi connectivity index (χ3n) is 4.00. The molecule has 23 heavy (non-hydrogen) atoms. The van der Waals surface area contributed by atoms with Crippen molar-refractivity contribution in [3.8, 4) is 0 Å². The van der Waals surface area contributed by atoms with Crippen LogP contribution in [0.2, 0.25) is 0 Å². The van der Waals surface area contributed by atoms with Crippen LogP contribution in [0.5, 0.6) is 0 Å². The number of aromatic nitrogens is 2. The van der Waals surface area contributed by atoms with E-state index in [9.17, 15) is 21.6 Å². The Bertz CT molecular complexity index is 643. The van der Waals surface area contributed by atoms with Crippen molar-refractivity contribution in [3.63, 3.8) is 0 Å². The highest BCUT2D eigenvalue weighted by atomic mass is 32.2. The zero-order valence-electron chi connectivity index (χ0n) is 12.9. The van der Waals surface area contributed by atoms with Crippen molar-refractivity contribution in [3.05, 3.63) is 18.0 Å². The smallest absolute Gasteiger partial charge is 0.341 e. The molecule has 6 nitrogen and oxygen atoms in total. The van der Waals surface area contributed by atoms with Crippen molar-refractivity contribution < 1.29 is 21.6 Å². The quantitative estimate of drug-likeness (QED) is 0.826. The second-order valence-electron chi connectivity index (χ2n) is 5.37. The minimum Gasteiger partial charge on any atom is -0.341 e. The fraction of sp³-hybridized carbons (Fsp3) is 0.692. The summed E-state index contributed by atoms with van der Waals surface area (Å²) in [6.07, 6.45) is -2.37. The highest BCUT2D eigenvalue weighted by Gasteiger charge is 2.34. The minimum atomic E-state index is -4.51. The first kappa shape index (κ1) is 17.9. The Morgan fingerprint density at radius 1 is 1.35 bits per heavy atom. The second-order valence-corrected chi connectivity index (χ2v) is 7.69. The van der Waals surface area contributed by atoms with Gasteiger partial charge in [0.2, 0.25) is 16.0 Å². The van der Waals surface area contributed by atoms with Crippen LogP contribution in [0.4, 0.5) is 19.1 Å². The van der Waals surface area contributed by atoms with Gasteiger partial charge in [0.15, 0.2) is 0 Å². The van der Waals surface area contributed by atoms with Gasteiger partial charge in [0.25, 0.3) is 0 Å². The van der Waals surface area contributed by atoms with E-state index >= 15 is 0 Å². The number of hydrogen-bond donors (Lipinski definition) is 0. The first-order valence-electron chi connectivity index (χ1n) is 7.26. The monoisotopic (exact) mass is 352 g/mol. The van der Waals surface area contributed by atoms with E-state index in [2.05, 4.69) is 9.97 Å². The molecule has 0 spiro atoms. The van der Waals surface area contributed by atoms with E-state index in [0.29, 0.717) is 25.9 Å². The van der Waals surface area contributed by atoms with Gasteiger partial charge in [0.1, 0.15) is 5.69 Å². The third-order valence-corrected chi connectivity index (χ3v) is 5.90. The van der Waals surface area contributed by atoms with Gasteiger partial charge in [0, 0.05) is 32.4 Å². The summed E-state index contributed by atoms with van der Waals surface area (Å²) in [5.41, 5.74) is -0.977. The normalized spacial score (nSPS) is 17.7. The zero-order valence-corrected chi connectivity index (χ0v) is 13.7. The maximum atomic E-state index is 12.7. The third kappa shape index (κ3) is 4.11. The van der Waals surface area contributed by atoms with Crippen LogP contribution in [0.25, 0.3) is 0 Å². The van der Waals surface area contributed by atoms with Crippen molar-refractivity contribution in [2.24, 2.45) is 0 Å². The Morgan fingerprint density at radius 2 is 1.96 bits per heavy atom. The first-order valence-corrected chi connectivity index (χ1v) is 8.87. The predicted octanol–water partition coefficient (Wildman–Crippen LogP) is 1.75. The molecular weight excluding hydrogens is 333 g/mol. The standard InChI is InChI=1S/C13H19F3N4O2S/c1-3-23(21,22)19(2)10-5-8-20(9-6-10)12-17-7-4-11(18-12)13(14,15)16/h4,7,10H,3,5-6,8-9H2,1-2H3. The lowest BCUT2D eigenvalue weighted by Crippen LogP contribution is -2.46. The number of rotatable bonds is 4. The Morgan fingerprint density at radius 3 is 2.48 bits per heavy atom. The van der Waals surface area contributed by atoms with E-state index in [1.54, 1.807) is 18.9 Å². The Kier molecular flexibility index (Phi) is 5.14. The van der Waals surface area contributed by atoms with Gasteiger partial charge in [0.05, 0.1) is 5.75 Å². The average Bonchev–Trinajstić information content (AvgIpc) is 2.53. The van der Waals surface area contributed by atoms with E-state index in [1.807, 2.05) is 0 Å². The molecule has 1 aromatic rings. The number of anilines is 1. The average molecular weight is 352 g/mol. The highest BCUT2D eigenvalue weighted by Crippen LogP contribution is 2.29. The molecule has 0 radical (unpaired) electrons. The van der Waals surface area contributed by atoms with Crippen LogP contribution in [0.15, 0.2) is 12.3 Å². The number of piperidine rings is 1. The van der Waals surface area contributed by atoms with E-state index in [1.165, 1.54) is 4.31 Å². The first-order chi connectivity index (χ1) is 10.6. The van der Waals surface area contributed by atoms with Gasteiger partial charge in [-0.15, -0.1) is 0 Å². The second kappa shape index (κ2) is 6.60. The SMILES string of the molecule is CCS(=O)(=O)N(C)C1CCN(c2nccc(C(F)(F)F)n2)CC1. The number of halogens is 3. The van der Waals surface area contributed by atoms with E-state index in [4.69, 9.17) is 0 Å². The summed E-state index contributed by atoms with van der Waals surface area (Å²) in [6.45, 7) is 2.41. The zero-order chi connectivity index (χ0) is 17.3. The van der Waals surface area contributed by atoms with Gasteiger partial charge in [-0.2, -0.15) is 13.2 Å². The summed E-state index contributed by atoms with van der Waals surface area (Å²) in [5, 5.41) is 0. The van der Waals surface area contributed by atoms with Crippen LogP contribution in [0, 0.1) is 0 Å². The molecule has 0 bridgehead atoms. The molecule has 0 aromatic carbocycles. The largest absolute Gasteiger partial charge is 0.433 e. The molecule has 1 saturated heterocycles. The molecule has 0 atom stereocenters. The summed E-state index contributed by atoms with van der Waals surface area (Å²) in [4.78, 5) is 9.11. The van der Waals surface area contributed by atoms with E-state index in [0.717, 1.165) is 12.3 Å². The number of alkyl halides is 3. The maximum absolute atomic E-state index is 12.7. The summed E-state index contributed by atoms with van der Waals surface area (Å²) >= 11 is 0. The predicted molar refractivity (Wildman–Crippen MR) is 79.5 cm³/mol. The van der Waals surface area contributed by atoms with Crippen LogP contribution in [0.1, 0.15) is 25.5 Å². The van der Waals surface area contributed by atoms with Crippen molar-refractivity contribution in [1.29, 1.82) is 0 Å². The number of hydrogen-bond acceptors (Lipinski definition) is 5. The Hall–Kier alpha value is -1.42. The molecule has 1 aliphatic heterocycles. The van der Waals surface area contributed by atoms with Crippen molar-refractivity contribution in [2.45, 2.75) is 32.0 Å². The lowest BCUT2D eigenvalue weighted by molar-refractivity contribution is -0.141. The fourth-order valence-electron chi connectivity index (χ4n) is 2.52. The molecule has 10 heteroatoms. The van der Waals surface area contributed by atoms with Crippen LogP contribution >= 0.6 is 0 Å². The fourth-order valence-corrected chi connectivity index (χ4v) is 3.59. The molecule has 0 unspecified atom stereocenters. The summed E-state index contributed by atoms with van der Waals surface area (Å²) in [5.74, 6) is 0.0553. The molecule has 2 rings (SSSR count). The molecule has 0 amide bonds. The van der Waals surface area contributed by atoms with Gasteiger partial charge < -0.3 is 4.90 Å². The summed E-state index contributed by atoms with van der Waals surface area (Å²) < 4.78 is 63.2. The van der Waals surface area contributed by atoms with Gasteiger partial charge in [-0.3, -0.25) is 0 Å². The topological polar surface area (TPSA) is 66.4 Å². The van der Waals surface area contributed by atoms with E-state index < -0.39 is 21.9 Å². The molecular formula is C13H19F3N4O2S. The lowest BCUT2D eigenvalue weighted by Gasteiger charge is -2.36. The maximum Gasteiger partial charge on any atom is 0.433 e. The molecule has 2 heterocycles. The van der Waals surface area contributed by atoms with Crippen molar-refractivity contribution in [2.75, 3.05) is 30.8 Å². The molecule has 0 aliphatic carbocycles. The van der Waals surface area contributed by atoms with E-state index in [-0.39, 0.29) is 17.7 Å². The lowest BCUT2D eigenvalue weighted by atomic mass is 10.1. The number of nitrogens with zero attached hydrogens (tertiary/aromatic N) is 4. The summed E-state index contributed by atoms with van der Waals surface area (Å²) in [7, 11) is -1.73. The van der Waals surface area contributed by atoms with Crippen molar-refractivity contribution >= 4 is 16.0 Å². The van der Waals surface area contributed by atoms with Crippen LogP contribution in [0.3, 0.4) is 0 Å². The molecule has 1 aliphatic rings. The molecule has 1 aromatic heterocycles. The number of sulfonamides is 1. The van der Waals surface area contributed by atoms with Crippen LogP contribution < -0.4 is 4.90 Å². The minimum absolute atomic E-state index is 0.0271. The molecule has 0 saturated carbocycles. The highest BCUT2D eigenvalue weighted by molar-refractivity contribution is 7.89. The van der Waals surface area contributed by atoms with Crippen LogP contribution in [-0.2, 0) is 16.2 Å². The molecule has 0 N–H and O–H groups in total. The van der Waals surface area contributed by atoms with Gasteiger partial charge in [-0.1, -0.05) is 0 Å². The molecule has 1 fully saturated rings. The van der Waals surface area contributed by atoms with Gasteiger partial charge in [-0.05, 0) is 25.8 Å². The summed E-state index contributed by atoms with van der Waals surface area (Å²) in [6, 6.07) is 0.680. The van der Waals surface area contributed by atoms with Crippen LogP contribution in [-0.4, -0.2) is 54.6 Å². The van der Waals surface area contributed by atoms with Gasteiger partial charge in [-0.25, -0.2) is 22.7 Å². The Balaban J connectivity index is 2.05. The Labute approximate surface area is 133 Å².